The molecular weight excluding hydrogens is 207 g/mol. The number of rotatable bonds is 2. The number of aliphatic hydroxyl groups is 1. The fourth-order valence-corrected chi connectivity index (χ4v) is 2.22. The highest BCUT2D eigenvalue weighted by Gasteiger charge is 2.24. The van der Waals surface area contributed by atoms with E-state index in [1.807, 2.05) is 6.92 Å². The third-order valence-electron chi connectivity index (χ3n) is 3.27. The van der Waals surface area contributed by atoms with Crippen molar-refractivity contribution in [2.24, 2.45) is 5.92 Å². The van der Waals surface area contributed by atoms with Crippen LogP contribution in [0.2, 0.25) is 0 Å². The summed E-state index contributed by atoms with van der Waals surface area (Å²) in [6.45, 7) is 3.28. The van der Waals surface area contributed by atoms with Crippen LogP contribution in [0, 0.1) is 18.7 Å². The molecule has 1 aliphatic heterocycles. The van der Waals surface area contributed by atoms with Crippen LogP contribution in [-0.4, -0.2) is 18.3 Å². The minimum atomic E-state index is -0.570. The fourth-order valence-electron chi connectivity index (χ4n) is 2.22. The number of ether oxygens (including phenoxy) is 1. The van der Waals surface area contributed by atoms with Gasteiger partial charge in [-0.1, -0.05) is 6.07 Å². The maximum atomic E-state index is 13.1. The molecule has 2 nitrogen and oxygen atoms in total. The maximum Gasteiger partial charge on any atom is 0.123 e. The summed E-state index contributed by atoms with van der Waals surface area (Å²) < 4.78 is 18.4. The Morgan fingerprint density at radius 2 is 2.06 bits per heavy atom. The van der Waals surface area contributed by atoms with E-state index in [0.717, 1.165) is 18.4 Å². The van der Waals surface area contributed by atoms with Crippen molar-refractivity contribution in [3.63, 3.8) is 0 Å². The first-order valence-electron chi connectivity index (χ1n) is 5.70. The summed E-state index contributed by atoms with van der Waals surface area (Å²) >= 11 is 0. The van der Waals surface area contributed by atoms with Crippen LogP contribution >= 0.6 is 0 Å². The highest BCUT2D eigenvalue weighted by Crippen LogP contribution is 2.31. The Morgan fingerprint density at radius 3 is 2.75 bits per heavy atom. The van der Waals surface area contributed by atoms with Gasteiger partial charge in [-0.2, -0.15) is 0 Å². The van der Waals surface area contributed by atoms with Crippen molar-refractivity contribution in [1.82, 2.24) is 0 Å². The smallest absolute Gasteiger partial charge is 0.123 e. The molecule has 1 N–H and O–H groups in total. The van der Waals surface area contributed by atoms with Gasteiger partial charge >= 0.3 is 0 Å². The van der Waals surface area contributed by atoms with Crippen LogP contribution in [0.5, 0.6) is 0 Å². The number of benzene rings is 1. The van der Waals surface area contributed by atoms with Crippen LogP contribution in [0.3, 0.4) is 0 Å². The Hall–Kier alpha value is -0.930. The maximum absolute atomic E-state index is 13.1. The molecule has 0 amide bonds. The molecule has 1 atom stereocenters. The molecule has 2 rings (SSSR count). The molecular formula is C13H17FO2. The summed E-state index contributed by atoms with van der Waals surface area (Å²) in [5.41, 5.74) is 1.66. The number of aliphatic hydroxyl groups excluding tert-OH is 1. The monoisotopic (exact) mass is 224 g/mol. The van der Waals surface area contributed by atoms with Gasteiger partial charge in [0.05, 0.1) is 6.10 Å². The molecule has 0 aliphatic carbocycles. The Balaban J connectivity index is 2.18. The lowest BCUT2D eigenvalue weighted by Gasteiger charge is -2.27. The highest BCUT2D eigenvalue weighted by atomic mass is 19.1. The highest BCUT2D eigenvalue weighted by molar-refractivity contribution is 5.29. The molecule has 16 heavy (non-hydrogen) atoms. The number of hydrogen-bond donors (Lipinski definition) is 1. The molecule has 1 aromatic carbocycles. The van der Waals surface area contributed by atoms with E-state index in [2.05, 4.69) is 0 Å². The minimum absolute atomic E-state index is 0.189. The van der Waals surface area contributed by atoms with Gasteiger partial charge in [-0.3, -0.25) is 0 Å². The van der Waals surface area contributed by atoms with Gasteiger partial charge in [-0.05, 0) is 48.9 Å². The van der Waals surface area contributed by atoms with Gasteiger partial charge in [0, 0.05) is 13.2 Å². The standard InChI is InChI=1S/C13H17FO2/c1-9-2-3-11(14)8-12(9)13(15)10-4-6-16-7-5-10/h2-3,8,10,13,15H,4-7H2,1H3. The Bertz CT molecular complexity index is 359. The molecule has 0 spiro atoms. The van der Waals surface area contributed by atoms with E-state index >= 15 is 0 Å². The summed E-state index contributed by atoms with van der Waals surface area (Å²) in [4.78, 5) is 0. The first-order chi connectivity index (χ1) is 7.68. The predicted molar refractivity (Wildman–Crippen MR) is 59.6 cm³/mol. The second kappa shape index (κ2) is 4.93. The largest absolute Gasteiger partial charge is 0.388 e. The molecule has 1 fully saturated rings. The third kappa shape index (κ3) is 2.42. The van der Waals surface area contributed by atoms with E-state index in [9.17, 15) is 9.50 Å². The lowest BCUT2D eigenvalue weighted by molar-refractivity contribution is 0.00686. The molecule has 0 saturated carbocycles. The van der Waals surface area contributed by atoms with E-state index in [-0.39, 0.29) is 11.7 Å². The van der Waals surface area contributed by atoms with Crippen LogP contribution in [-0.2, 0) is 4.74 Å². The molecule has 0 radical (unpaired) electrons. The summed E-state index contributed by atoms with van der Waals surface area (Å²) in [5, 5.41) is 10.2. The molecule has 0 bridgehead atoms. The lowest BCUT2D eigenvalue weighted by atomic mass is 9.87. The van der Waals surface area contributed by atoms with Gasteiger partial charge in [-0.25, -0.2) is 4.39 Å². The van der Waals surface area contributed by atoms with Crippen molar-refractivity contribution in [3.05, 3.63) is 35.1 Å². The number of halogens is 1. The van der Waals surface area contributed by atoms with Crippen molar-refractivity contribution in [2.75, 3.05) is 13.2 Å². The van der Waals surface area contributed by atoms with E-state index in [0.29, 0.717) is 18.8 Å². The second-order valence-corrected chi connectivity index (χ2v) is 4.40. The van der Waals surface area contributed by atoms with E-state index in [1.165, 1.54) is 12.1 Å². The summed E-state index contributed by atoms with van der Waals surface area (Å²) in [6, 6.07) is 4.58. The van der Waals surface area contributed by atoms with Crippen LogP contribution in [0.25, 0.3) is 0 Å². The summed E-state index contributed by atoms with van der Waals surface area (Å²) in [5.74, 6) is -0.0963. The molecule has 1 aromatic rings. The van der Waals surface area contributed by atoms with Crippen LogP contribution < -0.4 is 0 Å². The molecule has 88 valence electrons. The Morgan fingerprint density at radius 1 is 1.38 bits per heavy atom. The molecule has 0 aromatic heterocycles. The van der Waals surface area contributed by atoms with Crippen LogP contribution in [0.1, 0.15) is 30.1 Å². The zero-order valence-electron chi connectivity index (χ0n) is 9.45. The molecule has 1 unspecified atom stereocenters. The van der Waals surface area contributed by atoms with Gasteiger partial charge < -0.3 is 9.84 Å². The van der Waals surface area contributed by atoms with Crippen molar-refractivity contribution < 1.29 is 14.2 Å². The van der Waals surface area contributed by atoms with E-state index in [1.54, 1.807) is 6.07 Å². The van der Waals surface area contributed by atoms with Gasteiger partial charge in [-0.15, -0.1) is 0 Å². The average molecular weight is 224 g/mol. The fraction of sp³-hybridized carbons (Fsp3) is 0.538. The Labute approximate surface area is 95.1 Å². The zero-order valence-corrected chi connectivity index (χ0v) is 9.45. The van der Waals surface area contributed by atoms with Gasteiger partial charge in [0.2, 0.25) is 0 Å². The quantitative estimate of drug-likeness (QED) is 0.836. The number of aryl methyl sites for hydroxylation is 1. The van der Waals surface area contributed by atoms with Crippen molar-refractivity contribution in [2.45, 2.75) is 25.9 Å². The van der Waals surface area contributed by atoms with E-state index in [4.69, 9.17) is 4.74 Å². The third-order valence-corrected chi connectivity index (χ3v) is 3.27. The van der Waals surface area contributed by atoms with E-state index < -0.39 is 6.10 Å². The minimum Gasteiger partial charge on any atom is -0.388 e. The predicted octanol–water partition coefficient (Wildman–Crippen LogP) is 2.59. The van der Waals surface area contributed by atoms with Crippen molar-refractivity contribution >= 4 is 0 Å². The topological polar surface area (TPSA) is 29.5 Å². The van der Waals surface area contributed by atoms with Gasteiger partial charge in [0.25, 0.3) is 0 Å². The van der Waals surface area contributed by atoms with Crippen molar-refractivity contribution in [1.29, 1.82) is 0 Å². The molecule has 3 heteroatoms. The first-order valence-corrected chi connectivity index (χ1v) is 5.70. The van der Waals surface area contributed by atoms with Crippen LogP contribution in [0.15, 0.2) is 18.2 Å². The lowest BCUT2D eigenvalue weighted by Crippen LogP contribution is -2.22. The van der Waals surface area contributed by atoms with Crippen molar-refractivity contribution in [3.8, 4) is 0 Å². The van der Waals surface area contributed by atoms with Gasteiger partial charge in [0.1, 0.15) is 5.82 Å². The summed E-state index contributed by atoms with van der Waals surface area (Å²) in [7, 11) is 0. The zero-order chi connectivity index (χ0) is 11.5. The first kappa shape index (κ1) is 11.6. The molecule has 1 aliphatic rings. The van der Waals surface area contributed by atoms with Gasteiger partial charge in [0.15, 0.2) is 0 Å². The SMILES string of the molecule is Cc1ccc(F)cc1C(O)C1CCOCC1. The molecule has 1 heterocycles. The second-order valence-electron chi connectivity index (χ2n) is 4.40. The normalized spacial score (nSPS) is 19.7. The summed E-state index contributed by atoms with van der Waals surface area (Å²) in [6.07, 6.45) is 1.12. The van der Waals surface area contributed by atoms with Crippen LogP contribution in [0.4, 0.5) is 4.39 Å². The molecule has 1 saturated heterocycles. The number of hydrogen-bond acceptors (Lipinski definition) is 2. The Kier molecular flexibility index (Phi) is 3.56. The average Bonchev–Trinajstić information content (AvgIpc) is 2.32.